The second-order valence-electron chi connectivity index (χ2n) is 5.01. The second kappa shape index (κ2) is 5.69. The van der Waals surface area contributed by atoms with Crippen LogP contribution in [0.15, 0.2) is 47.4 Å². The third kappa shape index (κ3) is 3.49. The Morgan fingerprint density at radius 2 is 1.76 bits per heavy atom. The Morgan fingerprint density at radius 3 is 2.43 bits per heavy atom. The average molecular weight is 303 g/mol. The first-order chi connectivity index (χ1) is 9.79. The van der Waals surface area contributed by atoms with Crippen LogP contribution in [0.4, 0.5) is 5.69 Å². The minimum Gasteiger partial charge on any atom is -0.295 e. The third-order valence-corrected chi connectivity index (χ3v) is 4.68. The molecule has 0 aliphatic carbocycles. The molecule has 0 bridgehead atoms. The number of carbonyl (C=O) groups excluding carboxylic acids is 1. The average Bonchev–Trinajstić information content (AvgIpc) is 2.41. The summed E-state index contributed by atoms with van der Waals surface area (Å²) in [5.74, 6) is -0.109. The summed E-state index contributed by atoms with van der Waals surface area (Å²) in [6.45, 7) is 5.03. The van der Waals surface area contributed by atoms with E-state index in [0.717, 1.165) is 5.56 Å². The molecule has 0 radical (unpaired) electrons. The molecule has 0 aliphatic rings. The van der Waals surface area contributed by atoms with E-state index in [4.69, 9.17) is 0 Å². The number of benzene rings is 2. The van der Waals surface area contributed by atoms with Crippen molar-refractivity contribution in [3.8, 4) is 0 Å². The van der Waals surface area contributed by atoms with Crippen LogP contribution >= 0.6 is 0 Å². The Balaban J connectivity index is 2.40. The lowest BCUT2D eigenvalue weighted by Gasteiger charge is -2.11. The predicted octanol–water partition coefficient (Wildman–Crippen LogP) is 3.31. The molecular weight excluding hydrogens is 286 g/mol. The van der Waals surface area contributed by atoms with Gasteiger partial charge in [0.15, 0.2) is 5.78 Å². The van der Waals surface area contributed by atoms with Crippen molar-refractivity contribution in [3.05, 3.63) is 59.2 Å². The molecule has 21 heavy (non-hydrogen) atoms. The molecule has 1 N–H and O–H groups in total. The Labute approximate surface area is 124 Å². The zero-order valence-corrected chi connectivity index (χ0v) is 13.0. The number of aryl methyl sites for hydroxylation is 2. The summed E-state index contributed by atoms with van der Waals surface area (Å²) >= 11 is 0. The van der Waals surface area contributed by atoms with Crippen LogP contribution in [-0.2, 0) is 10.0 Å². The van der Waals surface area contributed by atoms with E-state index in [1.54, 1.807) is 37.3 Å². The van der Waals surface area contributed by atoms with Crippen molar-refractivity contribution >= 4 is 21.5 Å². The fraction of sp³-hybridized carbons (Fsp3) is 0.188. The second-order valence-corrected chi connectivity index (χ2v) is 6.66. The van der Waals surface area contributed by atoms with Crippen molar-refractivity contribution < 1.29 is 13.2 Å². The van der Waals surface area contributed by atoms with Crippen LogP contribution in [0.5, 0.6) is 0 Å². The maximum atomic E-state index is 12.5. The quantitative estimate of drug-likeness (QED) is 0.881. The highest BCUT2D eigenvalue weighted by molar-refractivity contribution is 7.92. The van der Waals surface area contributed by atoms with E-state index in [9.17, 15) is 13.2 Å². The summed E-state index contributed by atoms with van der Waals surface area (Å²) < 4.78 is 27.4. The van der Waals surface area contributed by atoms with Gasteiger partial charge in [-0.25, -0.2) is 8.42 Å². The number of ketones is 1. The monoisotopic (exact) mass is 303 g/mol. The first kappa shape index (κ1) is 15.3. The van der Waals surface area contributed by atoms with E-state index < -0.39 is 10.0 Å². The van der Waals surface area contributed by atoms with Crippen LogP contribution < -0.4 is 4.72 Å². The minimum absolute atomic E-state index is 0.109. The van der Waals surface area contributed by atoms with Gasteiger partial charge in [-0.2, -0.15) is 0 Å². The van der Waals surface area contributed by atoms with E-state index in [0.29, 0.717) is 16.8 Å². The maximum Gasteiger partial charge on any atom is 0.262 e. The molecule has 0 saturated carbocycles. The van der Waals surface area contributed by atoms with Gasteiger partial charge in [-0.15, -0.1) is 0 Å². The van der Waals surface area contributed by atoms with Gasteiger partial charge in [0.1, 0.15) is 0 Å². The van der Waals surface area contributed by atoms with Crippen LogP contribution in [-0.4, -0.2) is 14.2 Å². The predicted molar refractivity (Wildman–Crippen MR) is 83.2 cm³/mol. The fourth-order valence-corrected chi connectivity index (χ4v) is 3.39. The van der Waals surface area contributed by atoms with Crippen molar-refractivity contribution in [1.29, 1.82) is 0 Å². The first-order valence-electron chi connectivity index (χ1n) is 6.51. The fourth-order valence-electron chi connectivity index (χ4n) is 2.01. The van der Waals surface area contributed by atoms with Crippen LogP contribution in [0.3, 0.4) is 0 Å². The summed E-state index contributed by atoms with van der Waals surface area (Å²) in [4.78, 5) is 11.6. The number of rotatable bonds is 4. The molecule has 0 amide bonds. The Morgan fingerprint density at radius 1 is 1.05 bits per heavy atom. The number of hydrogen-bond donors (Lipinski definition) is 1. The lowest BCUT2D eigenvalue weighted by atomic mass is 10.1. The van der Waals surface area contributed by atoms with Gasteiger partial charge in [-0.05, 0) is 50.1 Å². The number of anilines is 1. The van der Waals surface area contributed by atoms with Gasteiger partial charge in [0.25, 0.3) is 10.0 Å². The number of Topliss-reactive ketones (excluding diaryl/α,β-unsaturated/α-hetero) is 1. The highest BCUT2D eigenvalue weighted by Crippen LogP contribution is 2.21. The van der Waals surface area contributed by atoms with Gasteiger partial charge in [0.2, 0.25) is 0 Å². The number of sulfonamides is 1. The minimum atomic E-state index is -3.67. The number of hydrogen-bond acceptors (Lipinski definition) is 3. The van der Waals surface area contributed by atoms with Crippen molar-refractivity contribution in [1.82, 2.24) is 0 Å². The molecule has 0 aromatic heterocycles. The topological polar surface area (TPSA) is 63.2 Å². The van der Waals surface area contributed by atoms with E-state index in [-0.39, 0.29) is 10.7 Å². The molecule has 0 atom stereocenters. The zero-order valence-electron chi connectivity index (χ0n) is 12.2. The van der Waals surface area contributed by atoms with Crippen molar-refractivity contribution in [3.63, 3.8) is 0 Å². The molecular formula is C16H17NO3S. The molecule has 0 saturated heterocycles. The van der Waals surface area contributed by atoms with E-state index in [1.165, 1.54) is 13.0 Å². The summed E-state index contributed by atoms with van der Waals surface area (Å²) in [6.07, 6.45) is 0. The summed E-state index contributed by atoms with van der Waals surface area (Å²) in [5, 5.41) is 0. The molecule has 110 valence electrons. The SMILES string of the molecule is CC(=O)c1cccc(NS(=O)(=O)c2cc(C)ccc2C)c1. The smallest absolute Gasteiger partial charge is 0.262 e. The Hall–Kier alpha value is -2.14. The summed E-state index contributed by atoms with van der Waals surface area (Å²) in [5.41, 5.74) is 2.40. The van der Waals surface area contributed by atoms with Crippen LogP contribution in [0.1, 0.15) is 28.4 Å². The van der Waals surface area contributed by atoms with Gasteiger partial charge in [-0.1, -0.05) is 24.3 Å². The molecule has 0 spiro atoms. The molecule has 0 fully saturated rings. The molecule has 0 aliphatic heterocycles. The molecule has 5 heteroatoms. The lowest BCUT2D eigenvalue weighted by Crippen LogP contribution is -2.14. The largest absolute Gasteiger partial charge is 0.295 e. The molecule has 2 aromatic carbocycles. The first-order valence-corrected chi connectivity index (χ1v) is 7.99. The van der Waals surface area contributed by atoms with E-state index >= 15 is 0 Å². The third-order valence-electron chi connectivity index (χ3n) is 3.15. The van der Waals surface area contributed by atoms with Crippen molar-refractivity contribution in [2.45, 2.75) is 25.7 Å². The molecule has 2 aromatic rings. The highest BCUT2D eigenvalue weighted by Gasteiger charge is 2.17. The molecule has 0 heterocycles. The Bertz CT molecular complexity index is 795. The molecule has 4 nitrogen and oxygen atoms in total. The van der Waals surface area contributed by atoms with Crippen LogP contribution in [0.25, 0.3) is 0 Å². The van der Waals surface area contributed by atoms with Gasteiger partial charge in [0, 0.05) is 11.3 Å². The van der Waals surface area contributed by atoms with Gasteiger partial charge in [0.05, 0.1) is 4.90 Å². The summed E-state index contributed by atoms with van der Waals surface area (Å²) in [7, 11) is -3.67. The zero-order chi connectivity index (χ0) is 15.6. The standard InChI is InChI=1S/C16H17NO3S/c1-11-7-8-12(2)16(9-11)21(19,20)17-15-6-4-5-14(10-15)13(3)18/h4-10,17H,1-3H3. The molecule has 0 unspecified atom stereocenters. The number of nitrogens with one attached hydrogen (secondary N) is 1. The molecule has 2 rings (SSSR count). The number of carbonyl (C=O) groups is 1. The van der Waals surface area contributed by atoms with Crippen LogP contribution in [0.2, 0.25) is 0 Å². The van der Waals surface area contributed by atoms with E-state index in [1.807, 2.05) is 13.0 Å². The highest BCUT2D eigenvalue weighted by atomic mass is 32.2. The maximum absolute atomic E-state index is 12.5. The van der Waals surface area contributed by atoms with Crippen molar-refractivity contribution in [2.75, 3.05) is 4.72 Å². The summed E-state index contributed by atoms with van der Waals surface area (Å²) in [6, 6.07) is 11.7. The van der Waals surface area contributed by atoms with Gasteiger partial charge in [-0.3, -0.25) is 9.52 Å². The van der Waals surface area contributed by atoms with Crippen molar-refractivity contribution in [2.24, 2.45) is 0 Å². The van der Waals surface area contributed by atoms with Gasteiger partial charge >= 0.3 is 0 Å². The normalized spacial score (nSPS) is 11.2. The van der Waals surface area contributed by atoms with E-state index in [2.05, 4.69) is 4.72 Å². The van der Waals surface area contributed by atoms with Crippen LogP contribution in [0, 0.1) is 13.8 Å². The Kier molecular flexibility index (Phi) is 4.14. The van der Waals surface area contributed by atoms with Gasteiger partial charge < -0.3 is 0 Å². The lowest BCUT2D eigenvalue weighted by molar-refractivity contribution is 0.101.